The van der Waals surface area contributed by atoms with Crippen molar-refractivity contribution in [2.24, 2.45) is 0 Å². The van der Waals surface area contributed by atoms with E-state index in [1.54, 1.807) is 6.20 Å². The van der Waals surface area contributed by atoms with Crippen LogP contribution in [0.1, 0.15) is 11.8 Å². The van der Waals surface area contributed by atoms with Gasteiger partial charge in [-0.05, 0) is 18.2 Å². The molecular formula is C14H16N2OS2. The van der Waals surface area contributed by atoms with Gasteiger partial charge in [0.15, 0.2) is 0 Å². The van der Waals surface area contributed by atoms with Gasteiger partial charge in [0.25, 0.3) is 0 Å². The molecule has 2 heterocycles. The smallest absolute Gasteiger partial charge is 0.109 e. The van der Waals surface area contributed by atoms with Gasteiger partial charge in [0.1, 0.15) is 6.10 Å². The molecule has 5 heteroatoms. The molecule has 19 heavy (non-hydrogen) atoms. The highest BCUT2D eigenvalue weighted by Gasteiger charge is 2.26. The molecule has 1 aromatic carbocycles. The molecule has 0 bridgehead atoms. The highest BCUT2D eigenvalue weighted by atomic mass is 32.2. The summed E-state index contributed by atoms with van der Waals surface area (Å²) in [5.74, 6) is 3.31. The van der Waals surface area contributed by atoms with Crippen molar-refractivity contribution in [2.75, 3.05) is 17.3 Å². The first-order valence-corrected chi connectivity index (χ1v) is 8.53. The van der Waals surface area contributed by atoms with Gasteiger partial charge in [-0.15, -0.1) is 0 Å². The number of benzene rings is 1. The Balaban J connectivity index is 1.87. The van der Waals surface area contributed by atoms with Crippen molar-refractivity contribution in [3.8, 4) is 5.69 Å². The Morgan fingerprint density at radius 2 is 2.05 bits per heavy atom. The average molecular weight is 292 g/mol. The molecule has 0 aliphatic carbocycles. The Morgan fingerprint density at radius 1 is 1.21 bits per heavy atom. The fraction of sp³-hybridized carbons (Fsp3) is 0.357. The molecule has 3 nitrogen and oxygen atoms in total. The van der Waals surface area contributed by atoms with Crippen molar-refractivity contribution in [1.82, 2.24) is 9.78 Å². The van der Waals surface area contributed by atoms with Crippen LogP contribution in [-0.2, 0) is 0 Å². The predicted molar refractivity (Wildman–Crippen MR) is 82.1 cm³/mol. The summed E-state index contributed by atoms with van der Waals surface area (Å²) in [5, 5.41) is 15.2. The van der Waals surface area contributed by atoms with Crippen LogP contribution in [0.3, 0.4) is 0 Å². The lowest BCUT2D eigenvalue weighted by atomic mass is 10.2. The van der Waals surface area contributed by atoms with E-state index in [9.17, 15) is 5.11 Å². The van der Waals surface area contributed by atoms with E-state index in [-0.39, 0.29) is 5.25 Å². The highest BCUT2D eigenvalue weighted by Crippen LogP contribution is 2.33. The zero-order valence-electron chi connectivity index (χ0n) is 10.5. The fourth-order valence-corrected chi connectivity index (χ4v) is 4.94. The minimum atomic E-state index is -0.458. The van der Waals surface area contributed by atoms with Gasteiger partial charge in [0, 0.05) is 28.7 Å². The van der Waals surface area contributed by atoms with Crippen molar-refractivity contribution < 1.29 is 5.11 Å². The third-order valence-corrected chi connectivity index (χ3v) is 6.02. The van der Waals surface area contributed by atoms with E-state index < -0.39 is 6.10 Å². The second kappa shape index (κ2) is 6.03. The number of rotatable bonds is 3. The van der Waals surface area contributed by atoms with E-state index in [1.807, 2.05) is 64.6 Å². The Hall–Kier alpha value is -0.910. The van der Waals surface area contributed by atoms with Crippen LogP contribution in [0.5, 0.6) is 0 Å². The largest absolute Gasteiger partial charge is 0.386 e. The zero-order chi connectivity index (χ0) is 13.1. The summed E-state index contributed by atoms with van der Waals surface area (Å²) in [6, 6.07) is 11.9. The van der Waals surface area contributed by atoms with Gasteiger partial charge in [-0.2, -0.15) is 28.6 Å². The van der Waals surface area contributed by atoms with Gasteiger partial charge in [0.2, 0.25) is 0 Å². The third kappa shape index (κ3) is 2.83. The van der Waals surface area contributed by atoms with E-state index in [1.165, 1.54) is 5.75 Å². The fourth-order valence-electron chi connectivity index (χ4n) is 2.20. The van der Waals surface area contributed by atoms with E-state index in [2.05, 4.69) is 5.10 Å². The lowest BCUT2D eigenvalue weighted by Crippen LogP contribution is -2.24. The standard InChI is InChI=1S/C14H16N2OS2/c17-14(13-10-18-8-9-19-13)12-6-7-15-16(12)11-4-2-1-3-5-11/h1-7,13-14,17H,8-10H2. The molecule has 2 unspecified atom stereocenters. The molecule has 1 saturated heterocycles. The molecule has 0 spiro atoms. The quantitative estimate of drug-likeness (QED) is 0.944. The molecule has 100 valence electrons. The SMILES string of the molecule is OC(c1ccnn1-c1ccccc1)C1CSCCS1. The number of aliphatic hydroxyl groups excluding tert-OH is 1. The summed E-state index contributed by atoms with van der Waals surface area (Å²) in [6.45, 7) is 0. The van der Waals surface area contributed by atoms with Gasteiger partial charge in [0.05, 0.1) is 11.4 Å². The second-order valence-corrected chi connectivity index (χ2v) is 6.93. The topological polar surface area (TPSA) is 38.1 Å². The van der Waals surface area contributed by atoms with Crippen LogP contribution in [-0.4, -0.2) is 37.4 Å². The monoisotopic (exact) mass is 292 g/mol. The number of hydrogen-bond donors (Lipinski definition) is 1. The van der Waals surface area contributed by atoms with Crippen molar-refractivity contribution >= 4 is 23.5 Å². The summed E-state index contributed by atoms with van der Waals surface area (Å²) < 4.78 is 1.84. The minimum absolute atomic E-state index is 0.262. The van der Waals surface area contributed by atoms with E-state index in [4.69, 9.17) is 0 Å². The van der Waals surface area contributed by atoms with E-state index in [0.29, 0.717) is 0 Å². The van der Waals surface area contributed by atoms with Gasteiger partial charge in [-0.25, -0.2) is 4.68 Å². The molecular weight excluding hydrogens is 276 g/mol. The molecule has 3 rings (SSSR count). The predicted octanol–water partition coefficient (Wildman–Crippen LogP) is 2.75. The maximum atomic E-state index is 10.6. The number of nitrogens with zero attached hydrogens (tertiary/aromatic N) is 2. The summed E-state index contributed by atoms with van der Waals surface area (Å²) >= 11 is 3.78. The van der Waals surface area contributed by atoms with E-state index in [0.717, 1.165) is 22.9 Å². The average Bonchev–Trinajstić information content (AvgIpc) is 2.98. The molecule has 1 aliphatic heterocycles. The number of aromatic nitrogens is 2. The summed E-state index contributed by atoms with van der Waals surface area (Å²) in [4.78, 5) is 0. The normalized spacial score (nSPS) is 21.2. The number of thioether (sulfide) groups is 2. The van der Waals surface area contributed by atoms with Crippen LogP contribution in [0.2, 0.25) is 0 Å². The zero-order valence-corrected chi connectivity index (χ0v) is 12.1. The highest BCUT2D eigenvalue weighted by molar-refractivity contribution is 8.06. The van der Waals surface area contributed by atoms with Crippen LogP contribution in [0.25, 0.3) is 5.69 Å². The molecule has 2 atom stereocenters. The maximum Gasteiger partial charge on any atom is 0.109 e. The Bertz CT molecular complexity index is 523. The van der Waals surface area contributed by atoms with Crippen LogP contribution in [0, 0.1) is 0 Å². The van der Waals surface area contributed by atoms with Gasteiger partial charge >= 0.3 is 0 Å². The molecule has 1 fully saturated rings. The van der Waals surface area contributed by atoms with Crippen LogP contribution in [0.15, 0.2) is 42.6 Å². The van der Waals surface area contributed by atoms with Crippen molar-refractivity contribution in [3.63, 3.8) is 0 Å². The van der Waals surface area contributed by atoms with E-state index >= 15 is 0 Å². The maximum absolute atomic E-state index is 10.6. The number of hydrogen-bond acceptors (Lipinski definition) is 4. The van der Waals surface area contributed by atoms with Gasteiger partial charge in [-0.1, -0.05) is 18.2 Å². The van der Waals surface area contributed by atoms with Crippen molar-refractivity contribution in [2.45, 2.75) is 11.4 Å². The van der Waals surface area contributed by atoms with Crippen LogP contribution < -0.4 is 0 Å². The Morgan fingerprint density at radius 3 is 2.79 bits per heavy atom. The first kappa shape index (κ1) is 13.1. The van der Waals surface area contributed by atoms with Crippen LogP contribution >= 0.6 is 23.5 Å². The molecule has 1 aromatic heterocycles. The number of para-hydroxylation sites is 1. The summed E-state index contributed by atoms with van der Waals surface area (Å²) in [6.07, 6.45) is 1.30. The lowest BCUT2D eigenvalue weighted by molar-refractivity contribution is 0.172. The molecule has 2 aromatic rings. The van der Waals surface area contributed by atoms with Crippen molar-refractivity contribution in [1.29, 1.82) is 0 Å². The molecule has 0 amide bonds. The number of aliphatic hydroxyl groups is 1. The molecule has 1 aliphatic rings. The molecule has 0 saturated carbocycles. The minimum Gasteiger partial charge on any atom is -0.386 e. The van der Waals surface area contributed by atoms with Crippen molar-refractivity contribution in [3.05, 3.63) is 48.3 Å². The molecule has 1 N–H and O–H groups in total. The second-order valence-electron chi connectivity index (χ2n) is 4.43. The van der Waals surface area contributed by atoms with Gasteiger partial charge < -0.3 is 5.11 Å². The Labute approximate surface area is 121 Å². The lowest BCUT2D eigenvalue weighted by Gasteiger charge is -2.26. The first-order valence-electron chi connectivity index (χ1n) is 6.33. The Kier molecular flexibility index (Phi) is 4.15. The summed E-state index contributed by atoms with van der Waals surface area (Å²) in [7, 11) is 0. The van der Waals surface area contributed by atoms with Gasteiger partial charge in [-0.3, -0.25) is 0 Å². The summed E-state index contributed by atoms with van der Waals surface area (Å²) in [5.41, 5.74) is 1.88. The molecule has 0 radical (unpaired) electrons. The van der Waals surface area contributed by atoms with Crippen LogP contribution in [0.4, 0.5) is 0 Å². The third-order valence-electron chi connectivity index (χ3n) is 3.17. The first-order chi connectivity index (χ1) is 9.36.